The van der Waals surface area contributed by atoms with Crippen molar-refractivity contribution >= 4 is 17.5 Å². The van der Waals surface area contributed by atoms with Gasteiger partial charge in [-0.1, -0.05) is 11.6 Å². The molecule has 7 nitrogen and oxygen atoms in total. The number of methoxy groups -OCH3 is 1. The van der Waals surface area contributed by atoms with E-state index in [2.05, 4.69) is 10.4 Å². The number of nitrogens with zero attached hydrogens (tertiary/aromatic N) is 2. The van der Waals surface area contributed by atoms with Crippen molar-refractivity contribution in [3.8, 4) is 5.75 Å². The average Bonchev–Trinajstić information content (AvgIpc) is 2.62. The van der Waals surface area contributed by atoms with Crippen molar-refractivity contribution in [2.24, 2.45) is 0 Å². The summed E-state index contributed by atoms with van der Waals surface area (Å²) in [6.07, 6.45) is 0.636. The van der Waals surface area contributed by atoms with Crippen LogP contribution in [-0.2, 0) is 11.3 Å². The van der Waals surface area contributed by atoms with Crippen molar-refractivity contribution < 1.29 is 14.3 Å². The molecule has 0 bridgehead atoms. The maximum atomic E-state index is 12.1. The largest absolute Gasteiger partial charge is 0.493 e. The monoisotopic (exact) mass is 379 g/mol. The lowest BCUT2D eigenvalue weighted by Crippen LogP contribution is -2.31. The van der Waals surface area contributed by atoms with Gasteiger partial charge >= 0.3 is 0 Å². The van der Waals surface area contributed by atoms with Crippen molar-refractivity contribution in [1.29, 1.82) is 0 Å². The standard InChI is InChI=1S/C18H22ClN3O4/c1-13-12-14(19)4-6-16(13)26-10-3-8-20-18(24)15-5-7-17(23)22(21-15)9-11-25-2/h4-7,12H,3,8-11H2,1-2H3,(H,20,24). The molecule has 1 aromatic carbocycles. The Labute approximate surface area is 156 Å². The van der Waals surface area contributed by atoms with Crippen LogP contribution in [0.4, 0.5) is 0 Å². The molecule has 1 heterocycles. The average molecular weight is 380 g/mol. The lowest BCUT2D eigenvalue weighted by Gasteiger charge is -2.10. The van der Waals surface area contributed by atoms with Gasteiger partial charge in [0, 0.05) is 24.7 Å². The van der Waals surface area contributed by atoms with Gasteiger partial charge < -0.3 is 14.8 Å². The van der Waals surface area contributed by atoms with E-state index in [4.69, 9.17) is 21.1 Å². The van der Waals surface area contributed by atoms with Gasteiger partial charge in [0.15, 0.2) is 0 Å². The van der Waals surface area contributed by atoms with E-state index in [-0.39, 0.29) is 17.2 Å². The Balaban J connectivity index is 1.79. The molecule has 0 spiro atoms. The summed E-state index contributed by atoms with van der Waals surface area (Å²) in [5, 5.41) is 7.47. The number of ether oxygens (including phenoxy) is 2. The zero-order chi connectivity index (χ0) is 18.9. The molecule has 1 amide bonds. The predicted octanol–water partition coefficient (Wildman–Crippen LogP) is 2.05. The molecule has 0 fully saturated rings. The van der Waals surface area contributed by atoms with Gasteiger partial charge in [0.25, 0.3) is 11.5 Å². The first-order valence-corrected chi connectivity index (χ1v) is 8.63. The molecular weight excluding hydrogens is 358 g/mol. The Morgan fingerprint density at radius 2 is 2.08 bits per heavy atom. The van der Waals surface area contributed by atoms with E-state index in [1.807, 2.05) is 19.1 Å². The summed E-state index contributed by atoms with van der Waals surface area (Å²) in [5.74, 6) is 0.437. The lowest BCUT2D eigenvalue weighted by molar-refractivity contribution is 0.0943. The van der Waals surface area contributed by atoms with E-state index in [1.54, 1.807) is 6.07 Å². The Hall–Kier alpha value is -2.38. The highest BCUT2D eigenvalue weighted by Gasteiger charge is 2.09. The van der Waals surface area contributed by atoms with Crippen molar-refractivity contribution in [2.75, 3.05) is 26.9 Å². The maximum Gasteiger partial charge on any atom is 0.271 e. The van der Waals surface area contributed by atoms with Crippen LogP contribution in [-0.4, -0.2) is 42.6 Å². The summed E-state index contributed by atoms with van der Waals surface area (Å²) < 4.78 is 11.8. The number of rotatable bonds is 9. The van der Waals surface area contributed by atoms with Gasteiger partial charge in [-0.05, 0) is 43.2 Å². The Bertz CT molecular complexity index is 807. The van der Waals surface area contributed by atoms with Crippen molar-refractivity contribution in [2.45, 2.75) is 19.9 Å². The topological polar surface area (TPSA) is 82.5 Å². The second-order valence-corrected chi connectivity index (χ2v) is 6.08. The molecule has 1 aromatic heterocycles. The molecule has 0 radical (unpaired) electrons. The number of aryl methyl sites for hydroxylation is 1. The highest BCUT2D eigenvalue weighted by Crippen LogP contribution is 2.21. The van der Waals surface area contributed by atoms with Crippen LogP contribution in [0.1, 0.15) is 22.5 Å². The van der Waals surface area contributed by atoms with E-state index < -0.39 is 0 Å². The van der Waals surface area contributed by atoms with Crippen LogP contribution in [0.5, 0.6) is 5.75 Å². The normalized spacial score (nSPS) is 10.6. The molecule has 0 atom stereocenters. The van der Waals surface area contributed by atoms with Gasteiger partial charge in [-0.15, -0.1) is 0 Å². The summed E-state index contributed by atoms with van der Waals surface area (Å²) in [4.78, 5) is 23.8. The summed E-state index contributed by atoms with van der Waals surface area (Å²) >= 11 is 5.91. The van der Waals surface area contributed by atoms with Crippen LogP contribution in [0.3, 0.4) is 0 Å². The highest BCUT2D eigenvalue weighted by atomic mass is 35.5. The number of halogens is 1. The fourth-order valence-corrected chi connectivity index (χ4v) is 2.46. The first-order valence-electron chi connectivity index (χ1n) is 8.25. The van der Waals surface area contributed by atoms with Gasteiger partial charge in [-0.3, -0.25) is 9.59 Å². The van der Waals surface area contributed by atoms with Crippen LogP contribution in [0, 0.1) is 6.92 Å². The summed E-state index contributed by atoms with van der Waals surface area (Å²) in [5.41, 5.74) is 0.879. The minimum atomic E-state index is -0.334. The van der Waals surface area contributed by atoms with Crippen LogP contribution in [0.15, 0.2) is 35.1 Å². The number of carbonyl (C=O) groups is 1. The number of amides is 1. The SMILES string of the molecule is COCCn1nc(C(=O)NCCCOc2ccc(Cl)cc2C)ccc1=O. The molecule has 8 heteroatoms. The molecule has 0 saturated carbocycles. The minimum Gasteiger partial charge on any atom is -0.493 e. The van der Waals surface area contributed by atoms with Crippen molar-refractivity contribution in [3.63, 3.8) is 0 Å². The smallest absolute Gasteiger partial charge is 0.271 e. The van der Waals surface area contributed by atoms with Crippen molar-refractivity contribution in [3.05, 3.63) is 57.0 Å². The number of aromatic nitrogens is 2. The lowest BCUT2D eigenvalue weighted by atomic mass is 10.2. The Kier molecular flexibility index (Phi) is 7.62. The molecule has 1 N–H and O–H groups in total. The zero-order valence-electron chi connectivity index (χ0n) is 14.8. The van der Waals surface area contributed by atoms with Gasteiger partial charge in [0.1, 0.15) is 11.4 Å². The molecule has 2 rings (SSSR count). The van der Waals surface area contributed by atoms with E-state index in [0.29, 0.717) is 37.7 Å². The second-order valence-electron chi connectivity index (χ2n) is 5.64. The van der Waals surface area contributed by atoms with Gasteiger partial charge in [0.05, 0.1) is 19.8 Å². The predicted molar refractivity (Wildman–Crippen MR) is 99.0 cm³/mol. The maximum absolute atomic E-state index is 12.1. The van der Waals surface area contributed by atoms with E-state index in [9.17, 15) is 9.59 Å². The van der Waals surface area contributed by atoms with Crippen LogP contribution < -0.4 is 15.6 Å². The van der Waals surface area contributed by atoms with Crippen LogP contribution in [0.2, 0.25) is 5.02 Å². The number of nitrogens with one attached hydrogen (secondary N) is 1. The molecule has 0 aliphatic carbocycles. The highest BCUT2D eigenvalue weighted by molar-refractivity contribution is 6.30. The zero-order valence-corrected chi connectivity index (χ0v) is 15.6. The quantitative estimate of drug-likeness (QED) is 0.674. The third-order valence-corrected chi connectivity index (χ3v) is 3.84. The first-order chi connectivity index (χ1) is 12.5. The summed E-state index contributed by atoms with van der Waals surface area (Å²) in [6, 6.07) is 8.17. The van der Waals surface area contributed by atoms with E-state index >= 15 is 0 Å². The van der Waals surface area contributed by atoms with Crippen molar-refractivity contribution in [1.82, 2.24) is 15.1 Å². The summed E-state index contributed by atoms with van der Waals surface area (Å²) in [6.45, 7) is 3.46. The molecular formula is C18H22ClN3O4. The molecule has 26 heavy (non-hydrogen) atoms. The third kappa shape index (κ3) is 5.86. The number of hydrogen-bond donors (Lipinski definition) is 1. The fraction of sp³-hybridized carbons (Fsp3) is 0.389. The summed E-state index contributed by atoms with van der Waals surface area (Å²) in [7, 11) is 1.54. The molecule has 0 saturated heterocycles. The number of carbonyl (C=O) groups excluding carboxylic acids is 1. The Morgan fingerprint density at radius 1 is 1.27 bits per heavy atom. The van der Waals surface area contributed by atoms with Crippen LogP contribution in [0.25, 0.3) is 0 Å². The Morgan fingerprint density at radius 3 is 2.81 bits per heavy atom. The molecule has 140 valence electrons. The number of benzene rings is 1. The number of hydrogen-bond acceptors (Lipinski definition) is 5. The van der Waals surface area contributed by atoms with Gasteiger partial charge in [-0.2, -0.15) is 5.10 Å². The van der Waals surface area contributed by atoms with Crippen LogP contribution >= 0.6 is 11.6 Å². The third-order valence-electron chi connectivity index (χ3n) is 3.61. The van der Waals surface area contributed by atoms with Gasteiger partial charge in [-0.25, -0.2) is 4.68 Å². The first kappa shape index (κ1) is 19.9. The fourth-order valence-electron chi connectivity index (χ4n) is 2.23. The molecule has 0 aliphatic rings. The molecule has 2 aromatic rings. The van der Waals surface area contributed by atoms with Gasteiger partial charge in [0.2, 0.25) is 0 Å². The van der Waals surface area contributed by atoms with E-state index in [1.165, 1.54) is 23.9 Å². The minimum absolute atomic E-state index is 0.190. The molecule has 0 unspecified atom stereocenters. The molecule has 0 aliphatic heterocycles. The second kappa shape index (κ2) is 9.94. The van der Waals surface area contributed by atoms with E-state index in [0.717, 1.165) is 11.3 Å².